The first kappa shape index (κ1) is 11.5. The van der Waals surface area contributed by atoms with Crippen LogP contribution in [-0.4, -0.2) is 13.7 Å². The number of methoxy groups -OCH3 is 1. The number of hydrogen-bond donors (Lipinski definition) is 1. The van der Waals surface area contributed by atoms with E-state index in [-0.39, 0.29) is 17.0 Å². The lowest BCUT2D eigenvalue weighted by Gasteiger charge is -2.00. The van der Waals surface area contributed by atoms with Gasteiger partial charge in [-0.2, -0.15) is 0 Å². The van der Waals surface area contributed by atoms with E-state index in [9.17, 15) is 0 Å². The molecule has 0 spiro atoms. The van der Waals surface area contributed by atoms with Gasteiger partial charge in [-0.15, -0.1) is 17.0 Å². The standard InChI is InChI=1S/C9H13NO.BrH/c1-11-9-4-2-8(3-5-9)6-7-10;/h2-5H,6-7,10H2,1H3;1H. The van der Waals surface area contributed by atoms with Crippen LogP contribution in [0.3, 0.4) is 0 Å². The van der Waals surface area contributed by atoms with Crippen molar-refractivity contribution in [3.63, 3.8) is 0 Å². The van der Waals surface area contributed by atoms with Gasteiger partial charge in [-0.25, -0.2) is 0 Å². The van der Waals surface area contributed by atoms with Gasteiger partial charge in [-0.3, -0.25) is 0 Å². The normalized spacial score (nSPS) is 8.83. The Balaban J connectivity index is 0.00000121. The first-order chi connectivity index (χ1) is 5.36. The second kappa shape index (κ2) is 6.03. The van der Waals surface area contributed by atoms with Crippen LogP contribution in [0.2, 0.25) is 0 Å². The first-order valence-electron chi connectivity index (χ1n) is 3.70. The Bertz CT molecular complexity index is 210. The molecule has 0 atom stereocenters. The number of hydrogen-bond acceptors (Lipinski definition) is 2. The van der Waals surface area contributed by atoms with E-state index in [0.717, 1.165) is 12.2 Å². The van der Waals surface area contributed by atoms with Gasteiger partial charge in [-0.05, 0) is 30.7 Å². The lowest BCUT2D eigenvalue weighted by atomic mass is 10.1. The molecule has 1 rings (SSSR count). The molecule has 0 saturated heterocycles. The second-order valence-electron chi connectivity index (χ2n) is 2.39. The molecule has 12 heavy (non-hydrogen) atoms. The molecule has 3 heteroatoms. The van der Waals surface area contributed by atoms with Gasteiger partial charge in [0.1, 0.15) is 5.75 Å². The third-order valence-corrected chi connectivity index (χ3v) is 1.59. The highest BCUT2D eigenvalue weighted by Gasteiger charge is 1.91. The summed E-state index contributed by atoms with van der Waals surface area (Å²) in [5, 5.41) is 0. The van der Waals surface area contributed by atoms with Gasteiger partial charge >= 0.3 is 0 Å². The average molecular weight is 232 g/mol. The molecule has 68 valence electrons. The zero-order valence-corrected chi connectivity index (χ0v) is 8.83. The largest absolute Gasteiger partial charge is 0.497 e. The molecule has 0 bridgehead atoms. The van der Waals surface area contributed by atoms with Crippen LogP contribution in [-0.2, 0) is 6.42 Å². The van der Waals surface area contributed by atoms with Crippen molar-refractivity contribution in [1.29, 1.82) is 0 Å². The van der Waals surface area contributed by atoms with Crippen LogP contribution in [0.25, 0.3) is 0 Å². The van der Waals surface area contributed by atoms with E-state index in [1.54, 1.807) is 7.11 Å². The number of halogens is 1. The van der Waals surface area contributed by atoms with E-state index < -0.39 is 0 Å². The van der Waals surface area contributed by atoms with Gasteiger partial charge < -0.3 is 10.5 Å². The van der Waals surface area contributed by atoms with Crippen LogP contribution in [0, 0.1) is 0 Å². The average Bonchev–Trinajstić information content (AvgIpc) is 2.07. The summed E-state index contributed by atoms with van der Waals surface area (Å²) < 4.78 is 5.02. The van der Waals surface area contributed by atoms with Gasteiger partial charge in [0.25, 0.3) is 0 Å². The van der Waals surface area contributed by atoms with Crippen LogP contribution >= 0.6 is 17.0 Å². The minimum atomic E-state index is 0. The summed E-state index contributed by atoms with van der Waals surface area (Å²) in [7, 11) is 1.66. The summed E-state index contributed by atoms with van der Waals surface area (Å²) in [5.74, 6) is 0.894. The number of ether oxygens (including phenoxy) is 1. The molecule has 1 aromatic rings. The van der Waals surface area contributed by atoms with E-state index in [1.807, 2.05) is 24.3 Å². The zero-order chi connectivity index (χ0) is 8.10. The summed E-state index contributed by atoms with van der Waals surface area (Å²) in [4.78, 5) is 0. The maximum Gasteiger partial charge on any atom is 0.118 e. The Morgan fingerprint density at radius 3 is 2.25 bits per heavy atom. The third-order valence-electron chi connectivity index (χ3n) is 1.59. The molecular weight excluding hydrogens is 218 g/mol. The molecule has 0 aromatic heterocycles. The quantitative estimate of drug-likeness (QED) is 0.861. The van der Waals surface area contributed by atoms with E-state index in [4.69, 9.17) is 10.5 Å². The van der Waals surface area contributed by atoms with Crippen molar-refractivity contribution in [2.45, 2.75) is 6.42 Å². The highest BCUT2D eigenvalue weighted by Crippen LogP contribution is 2.10. The molecule has 1 aromatic carbocycles. The fourth-order valence-electron chi connectivity index (χ4n) is 0.959. The minimum absolute atomic E-state index is 0. The molecule has 0 aliphatic heterocycles. The molecule has 0 amide bonds. The Hall–Kier alpha value is -0.540. The molecular formula is C9H14BrNO. The fraction of sp³-hybridized carbons (Fsp3) is 0.333. The number of rotatable bonds is 3. The molecule has 0 radical (unpaired) electrons. The van der Waals surface area contributed by atoms with Crippen LogP contribution in [0.15, 0.2) is 24.3 Å². The minimum Gasteiger partial charge on any atom is -0.497 e. The number of benzene rings is 1. The van der Waals surface area contributed by atoms with Crippen molar-refractivity contribution in [3.8, 4) is 5.75 Å². The summed E-state index contributed by atoms with van der Waals surface area (Å²) in [6, 6.07) is 7.97. The van der Waals surface area contributed by atoms with Gasteiger partial charge in [0.2, 0.25) is 0 Å². The smallest absolute Gasteiger partial charge is 0.118 e. The topological polar surface area (TPSA) is 35.2 Å². The summed E-state index contributed by atoms with van der Waals surface area (Å²) in [5.41, 5.74) is 6.66. The van der Waals surface area contributed by atoms with Crippen molar-refractivity contribution in [2.75, 3.05) is 13.7 Å². The van der Waals surface area contributed by atoms with Crippen molar-refractivity contribution in [2.24, 2.45) is 5.73 Å². The Morgan fingerprint density at radius 2 is 1.83 bits per heavy atom. The third kappa shape index (κ3) is 3.24. The zero-order valence-electron chi connectivity index (χ0n) is 7.12. The molecule has 2 N–H and O–H groups in total. The van der Waals surface area contributed by atoms with Crippen molar-refractivity contribution in [3.05, 3.63) is 29.8 Å². The highest BCUT2D eigenvalue weighted by atomic mass is 79.9. The first-order valence-corrected chi connectivity index (χ1v) is 3.70. The van der Waals surface area contributed by atoms with Gasteiger partial charge in [0.05, 0.1) is 7.11 Å². The van der Waals surface area contributed by atoms with Crippen LogP contribution in [0.5, 0.6) is 5.75 Å². The van der Waals surface area contributed by atoms with Crippen molar-refractivity contribution < 1.29 is 4.74 Å². The van der Waals surface area contributed by atoms with Crippen molar-refractivity contribution in [1.82, 2.24) is 0 Å². The Kier molecular flexibility index (Phi) is 5.76. The van der Waals surface area contributed by atoms with Crippen LogP contribution in [0.1, 0.15) is 5.56 Å². The van der Waals surface area contributed by atoms with Crippen molar-refractivity contribution >= 4 is 17.0 Å². The lowest BCUT2D eigenvalue weighted by molar-refractivity contribution is 0.414. The summed E-state index contributed by atoms with van der Waals surface area (Å²) in [6.45, 7) is 0.701. The van der Waals surface area contributed by atoms with Gasteiger partial charge in [0.15, 0.2) is 0 Å². The highest BCUT2D eigenvalue weighted by molar-refractivity contribution is 8.93. The van der Waals surface area contributed by atoms with Gasteiger partial charge in [0, 0.05) is 0 Å². The molecule has 2 nitrogen and oxygen atoms in total. The maximum absolute atomic E-state index is 5.40. The molecule has 0 unspecified atom stereocenters. The lowest BCUT2D eigenvalue weighted by Crippen LogP contribution is -2.02. The predicted molar refractivity (Wildman–Crippen MR) is 56.1 cm³/mol. The fourth-order valence-corrected chi connectivity index (χ4v) is 0.959. The Morgan fingerprint density at radius 1 is 1.25 bits per heavy atom. The Labute approximate surface area is 83.5 Å². The van der Waals surface area contributed by atoms with Crippen LogP contribution < -0.4 is 10.5 Å². The molecule has 0 aliphatic rings. The predicted octanol–water partition coefficient (Wildman–Crippen LogP) is 1.77. The van der Waals surface area contributed by atoms with Gasteiger partial charge in [-0.1, -0.05) is 12.1 Å². The number of nitrogens with two attached hydrogens (primary N) is 1. The monoisotopic (exact) mass is 231 g/mol. The SMILES string of the molecule is Br.COc1ccc(CCN)cc1. The van der Waals surface area contributed by atoms with Crippen LogP contribution in [0.4, 0.5) is 0 Å². The molecule has 0 saturated carbocycles. The van der Waals surface area contributed by atoms with E-state index in [0.29, 0.717) is 6.54 Å². The molecule has 0 aliphatic carbocycles. The molecule has 0 heterocycles. The summed E-state index contributed by atoms with van der Waals surface area (Å²) in [6.07, 6.45) is 0.935. The van der Waals surface area contributed by atoms with E-state index in [2.05, 4.69) is 0 Å². The molecule has 0 fully saturated rings. The maximum atomic E-state index is 5.40. The second-order valence-corrected chi connectivity index (χ2v) is 2.39. The van der Waals surface area contributed by atoms with E-state index in [1.165, 1.54) is 5.56 Å². The summed E-state index contributed by atoms with van der Waals surface area (Å²) >= 11 is 0. The van der Waals surface area contributed by atoms with E-state index >= 15 is 0 Å².